The molecule has 8 nitrogen and oxygen atoms in total. The molecule has 3 rings (SSSR count). The first-order valence-electron chi connectivity index (χ1n) is 9.93. The third kappa shape index (κ3) is 5.45. The maximum absolute atomic E-state index is 11.9. The lowest BCUT2D eigenvalue weighted by Crippen LogP contribution is -2.49. The van der Waals surface area contributed by atoms with Crippen LogP contribution in [0.2, 0.25) is 0 Å². The standard InChI is InChI=1S/C20H28N4O4/c25-18-9-11-24(20(28)21-18)17-7-5-16(6-8-17)23-14-12-22(13-15-23)10-3-1-2-4-19(26)27/h5-8H,1-4,9-15H2,(H,26,27)(H,21,25,28). The summed E-state index contributed by atoms with van der Waals surface area (Å²) in [5, 5.41) is 11.0. The van der Waals surface area contributed by atoms with Crippen LogP contribution in [0.3, 0.4) is 0 Å². The zero-order chi connectivity index (χ0) is 19.9. The quantitative estimate of drug-likeness (QED) is 0.661. The number of imide groups is 1. The van der Waals surface area contributed by atoms with Gasteiger partial charge in [-0.2, -0.15) is 0 Å². The Balaban J connectivity index is 1.43. The molecule has 0 spiro atoms. The van der Waals surface area contributed by atoms with Crippen molar-refractivity contribution in [1.82, 2.24) is 10.2 Å². The Morgan fingerprint density at radius 1 is 0.929 bits per heavy atom. The number of unbranched alkanes of at least 4 members (excludes halogenated alkanes) is 2. The first-order chi connectivity index (χ1) is 13.5. The topological polar surface area (TPSA) is 93.2 Å². The molecule has 1 aromatic rings. The highest BCUT2D eigenvalue weighted by Gasteiger charge is 2.24. The van der Waals surface area contributed by atoms with Crippen LogP contribution in [0.5, 0.6) is 0 Å². The van der Waals surface area contributed by atoms with Crippen molar-refractivity contribution in [3.63, 3.8) is 0 Å². The first-order valence-corrected chi connectivity index (χ1v) is 9.93. The predicted octanol–water partition coefficient (Wildman–Crippen LogP) is 1.90. The predicted molar refractivity (Wildman–Crippen MR) is 107 cm³/mol. The van der Waals surface area contributed by atoms with E-state index in [2.05, 4.69) is 15.1 Å². The average molecular weight is 388 g/mol. The monoisotopic (exact) mass is 388 g/mol. The summed E-state index contributed by atoms with van der Waals surface area (Å²) in [5.74, 6) is -0.938. The van der Waals surface area contributed by atoms with E-state index in [4.69, 9.17) is 5.11 Å². The third-order valence-corrected chi connectivity index (χ3v) is 5.32. The highest BCUT2D eigenvalue weighted by atomic mass is 16.4. The van der Waals surface area contributed by atoms with Crippen molar-refractivity contribution in [2.24, 2.45) is 0 Å². The molecule has 0 saturated carbocycles. The average Bonchev–Trinajstić information content (AvgIpc) is 2.68. The van der Waals surface area contributed by atoms with E-state index in [0.717, 1.165) is 63.4 Å². The Kier molecular flexibility index (Phi) is 6.86. The lowest BCUT2D eigenvalue weighted by molar-refractivity contribution is -0.137. The first kappa shape index (κ1) is 20.1. The fourth-order valence-corrected chi connectivity index (χ4v) is 3.67. The molecule has 0 unspecified atom stereocenters. The second-order valence-electron chi connectivity index (χ2n) is 7.30. The van der Waals surface area contributed by atoms with Gasteiger partial charge in [0.05, 0.1) is 0 Å². The van der Waals surface area contributed by atoms with E-state index >= 15 is 0 Å². The maximum atomic E-state index is 11.9. The number of nitrogens with zero attached hydrogens (tertiary/aromatic N) is 3. The number of nitrogens with one attached hydrogen (secondary N) is 1. The molecule has 2 fully saturated rings. The Labute approximate surface area is 165 Å². The van der Waals surface area contributed by atoms with Crippen LogP contribution in [-0.4, -0.2) is 67.2 Å². The van der Waals surface area contributed by atoms with Crippen molar-refractivity contribution in [2.75, 3.05) is 49.1 Å². The zero-order valence-corrected chi connectivity index (χ0v) is 16.1. The molecule has 0 radical (unpaired) electrons. The number of carboxylic acid groups (broad SMARTS) is 1. The Hall–Kier alpha value is -2.61. The number of carboxylic acids is 1. The molecule has 0 aliphatic carbocycles. The highest BCUT2D eigenvalue weighted by molar-refractivity contribution is 6.05. The fourth-order valence-electron chi connectivity index (χ4n) is 3.67. The summed E-state index contributed by atoms with van der Waals surface area (Å²) in [4.78, 5) is 40.1. The Morgan fingerprint density at radius 2 is 1.61 bits per heavy atom. The number of anilines is 2. The fraction of sp³-hybridized carbons (Fsp3) is 0.550. The molecule has 0 bridgehead atoms. The molecule has 0 aromatic heterocycles. The highest BCUT2D eigenvalue weighted by Crippen LogP contribution is 2.23. The van der Waals surface area contributed by atoms with Crippen molar-refractivity contribution in [2.45, 2.75) is 32.1 Å². The Bertz CT molecular complexity index is 699. The van der Waals surface area contributed by atoms with E-state index in [-0.39, 0.29) is 18.4 Å². The van der Waals surface area contributed by atoms with Crippen LogP contribution in [0.1, 0.15) is 32.1 Å². The van der Waals surface area contributed by atoms with Crippen LogP contribution < -0.4 is 15.1 Å². The summed E-state index contributed by atoms with van der Waals surface area (Å²) >= 11 is 0. The lowest BCUT2D eigenvalue weighted by Gasteiger charge is -2.36. The number of carbonyl (C=O) groups excluding carboxylic acids is 2. The van der Waals surface area contributed by atoms with Gasteiger partial charge in [0, 0.05) is 56.9 Å². The molecule has 2 aliphatic heterocycles. The molecular formula is C20H28N4O4. The van der Waals surface area contributed by atoms with E-state index in [1.807, 2.05) is 24.3 Å². The summed E-state index contributed by atoms with van der Waals surface area (Å²) in [5.41, 5.74) is 1.94. The maximum Gasteiger partial charge on any atom is 0.328 e. The third-order valence-electron chi connectivity index (χ3n) is 5.32. The van der Waals surface area contributed by atoms with Gasteiger partial charge in [0.25, 0.3) is 0 Å². The van der Waals surface area contributed by atoms with Crippen LogP contribution in [-0.2, 0) is 9.59 Å². The van der Waals surface area contributed by atoms with Crippen LogP contribution in [0.15, 0.2) is 24.3 Å². The van der Waals surface area contributed by atoms with Crippen molar-refractivity contribution >= 4 is 29.3 Å². The van der Waals surface area contributed by atoms with E-state index in [1.165, 1.54) is 0 Å². The summed E-state index contributed by atoms with van der Waals surface area (Å²) in [6.45, 7) is 5.33. The van der Waals surface area contributed by atoms with Gasteiger partial charge in [-0.25, -0.2) is 4.79 Å². The molecular weight excluding hydrogens is 360 g/mol. The zero-order valence-electron chi connectivity index (χ0n) is 16.1. The van der Waals surface area contributed by atoms with Crippen molar-refractivity contribution in [3.05, 3.63) is 24.3 Å². The number of benzene rings is 1. The number of aliphatic carboxylic acids is 1. The molecule has 8 heteroatoms. The van der Waals surface area contributed by atoms with Gasteiger partial charge in [-0.1, -0.05) is 6.42 Å². The van der Waals surface area contributed by atoms with Gasteiger partial charge in [0.1, 0.15) is 0 Å². The van der Waals surface area contributed by atoms with E-state index in [0.29, 0.717) is 13.0 Å². The second kappa shape index (κ2) is 9.54. The van der Waals surface area contributed by atoms with Crippen LogP contribution in [0, 0.1) is 0 Å². The number of piperazine rings is 1. The summed E-state index contributed by atoms with van der Waals surface area (Å²) in [6, 6.07) is 7.56. The number of amides is 3. The van der Waals surface area contributed by atoms with Gasteiger partial charge in [0.15, 0.2) is 0 Å². The number of carbonyl (C=O) groups is 3. The van der Waals surface area contributed by atoms with Gasteiger partial charge in [0.2, 0.25) is 5.91 Å². The number of hydrogen-bond acceptors (Lipinski definition) is 5. The largest absolute Gasteiger partial charge is 0.481 e. The Morgan fingerprint density at radius 3 is 2.25 bits per heavy atom. The summed E-state index contributed by atoms with van der Waals surface area (Å²) < 4.78 is 0. The molecule has 2 heterocycles. The number of rotatable bonds is 8. The molecule has 1 aromatic carbocycles. The van der Waals surface area contributed by atoms with Gasteiger partial charge in [-0.3, -0.25) is 24.7 Å². The molecule has 2 aliphatic rings. The molecule has 2 saturated heterocycles. The number of hydrogen-bond donors (Lipinski definition) is 2. The molecule has 152 valence electrons. The normalized spacial score (nSPS) is 18.3. The minimum Gasteiger partial charge on any atom is -0.481 e. The second-order valence-corrected chi connectivity index (χ2v) is 7.30. The molecule has 28 heavy (non-hydrogen) atoms. The van der Waals surface area contributed by atoms with Gasteiger partial charge in [-0.15, -0.1) is 0 Å². The van der Waals surface area contributed by atoms with E-state index in [1.54, 1.807) is 4.90 Å². The molecule has 0 atom stereocenters. The van der Waals surface area contributed by atoms with Gasteiger partial charge < -0.3 is 10.0 Å². The van der Waals surface area contributed by atoms with Crippen LogP contribution in [0.4, 0.5) is 16.2 Å². The minimum absolute atomic E-state index is 0.224. The van der Waals surface area contributed by atoms with Crippen LogP contribution >= 0.6 is 0 Å². The lowest BCUT2D eigenvalue weighted by atomic mass is 10.1. The summed E-state index contributed by atoms with van der Waals surface area (Å²) in [6.07, 6.45) is 3.35. The van der Waals surface area contributed by atoms with Gasteiger partial charge >= 0.3 is 12.0 Å². The molecule has 2 N–H and O–H groups in total. The van der Waals surface area contributed by atoms with Gasteiger partial charge in [-0.05, 0) is 43.7 Å². The molecule has 3 amide bonds. The van der Waals surface area contributed by atoms with E-state index in [9.17, 15) is 14.4 Å². The van der Waals surface area contributed by atoms with Crippen LogP contribution in [0.25, 0.3) is 0 Å². The van der Waals surface area contributed by atoms with Crippen molar-refractivity contribution < 1.29 is 19.5 Å². The SMILES string of the molecule is O=C(O)CCCCCN1CCN(c2ccc(N3CCC(=O)NC3=O)cc2)CC1. The van der Waals surface area contributed by atoms with E-state index < -0.39 is 5.97 Å². The van der Waals surface area contributed by atoms with Crippen molar-refractivity contribution in [3.8, 4) is 0 Å². The summed E-state index contributed by atoms with van der Waals surface area (Å²) in [7, 11) is 0. The van der Waals surface area contributed by atoms with Crippen molar-refractivity contribution in [1.29, 1.82) is 0 Å². The number of urea groups is 1. The smallest absolute Gasteiger partial charge is 0.328 e. The minimum atomic E-state index is -0.714.